The van der Waals surface area contributed by atoms with Crippen molar-refractivity contribution in [3.63, 3.8) is 0 Å². The standard InChI is InChI=1S/C12H22N2O4S/c1-9-8-18-10(6-13)7-14(9)12(15)11-4-2-3-5-19(11,16)17/h9-11H,2-8,13H2,1H3. The Labute approximate surface area is 114 Å². The van der Waals surface area contributed by atoms with Crippen molar-refractivity contribution in [2.24, 2.45) is 5.73 Å². The first-order valence-electron chi connectivity index (χ1n) is 6.79. The van der Waals surface area contributed by atoms with Crippen molar-refractivity contribution in [3.8, 4) is 0 Å². The van der Waals surface area contributed by atoms with E-state index in [1.54, 1.807) is 4.90 Å². The van der Waals surface area contributed by atoms with Crippen LogP contribution in [0.2, 0.25) is 0 Å². The molecule has 2 N–H and O–H groups in total. The average Bonchev–Trinajstić information content (AvgIpc) is 2.38. The molecule has 110 valence electrons. The molecule has 0 spiro atoms. The summed E-state index contributed by atoms with van der Waals surface area (Å²) in [6.07, 6.45) is 1.72. The third-order valence-electron chi connectivity index (χ3n) is 3.91. The van der Waals surface area contributed by atoms with Gasteiger partial charge in [-0.25, -0.2) is 8.42 Å². The number of morpholine rings is 1. The van der Waals surface area contributed by atoms with Crippen LogP contribution in [0.25, 0.3) is 0 Å². The van der Waals surface area contributed by atoms with Gasteiger partial charge in [-0.15, -0.1) is 0 Å². The van der Waals surface area contributed by atoms with E-state index in [0.29, 0.717) is 32.5 Å². The smallest absolute Gasteiger partial charge is 0.241 e. The highest BCUT2D eigenvalue weighted by Gasteiger charge is 2.40. The fourth-order valence-electron chi connectivity index (χ4n) is 2.68. The Morgan fingerprint density at radius 2 is 2.16 bits per heavy atom. The van der Waals surface area contributed by atoms with Crippen LogP contribution in [0.4, 0.5) is 0 Å². The number of hydrogen-bond acceptors (Lipinski definition) is 5. The number of nitrogens with two attached hydrogens (primary N) is 1. The van der Waals surface area contributed by atoms with Crippen LogP contribution in [-0.2, 0) is 19.4 Å². The maximum Gasteiger partial charge on any atom is 0.241 e. The highest BCUT2D eigenvalue weighted by atomic mass is 32.2. The maximum atomic E-state index is 12.5. The molecule has 2 aliphatic heterocycles. The molecule has 3 unspecified atom stereocenters. The van der Waals surface area contributed by atoms with Crippen molar-refractivity contribution >= 4 is 15.7 Å². The van der Waals surface area contributed by atoms with Crippen LogP contribution in [-0.4, -0.2) is 62.1 Å². The van der Waals surface area contributed by atoms with Crippen molar-refractivity contribution in [3.05, 3.63) is 0 Å². The average molecular weight is 290 g/mol. The summed E-state index contributed by atoms with van der Waals surface area (Å²) < 4.78 is 29.5. The molecule has 2 fully saturated rings. The molecule has 3 atom stereocenters. The minimum absolute atomic E-state index is 0.0903. The molecule has 0 aromatic heterocycles. The number of hydrogen-bond donors (Lipinski definition) is 1. The molecule has 7 heteroatoms. The van der Waals surface area contributed by atoms with E-state index in [-0.39, 0.29) is 23.8 Å². The number of rotatable bonds is 2. The second-order valence-electron chi connectivity index (χ2n) is 5.38. The molecule has 2 saturated heterocycles. The summed E-state index contributed by atoms with van der Waals surface area (Å²) >= 11 is 0. The Hall–Kier alpha value is -0.660. The van der Waals surface area contributed by atoms with Gasteiger partial charge < -0.3 is 15.4 Å². The SMILES string of the molecule is CC1COC(CN)CN1C(=O)C1CCCCS1(=O)=O. The van der Waals surface area contributed by atoms with E-state index >= 15 is 0 Å². The minimum atomic E-state index is -3.28. The monoisotopic (exact) mass is 290 g/mol. The van der Waals surface area contributed by atoms with Crippen LogP contribution in [0, 0.1) is 0 Å². The minimum Gasteiger partial charge on any atom is -0.373 e. The molecule has 2 heterocycles. The van der Waals surface area contributed by atoms with Crippen molar-refractivity contribution in [2.45, 2.75) is 43.6 Å². The third kappa shape index (κ3) is 3.09. The molecule has 0 aliphatic carbocycles. The Morgan fingerprint density at radius 1 is 1.42 bits per heavy atom. The molecular formula is C12H22N2O4S. The lowest BCUT2D eigenvalue weighted by Gasteiger charge is -2.39. The molecule has 6 nitrogen and oxygen atoms in total. The summed E-state index contributed by atoms with van der Waals surface area (Å²) in [5.74, 6) is -0.142. The van der Waals surface area contributed by atoms with E-state index in [1.165, 1.54) is 0 Å². The zero-order valence-electron chi connectivity index (χ0n) is 11.2. The van der Waals surface area contributed by atoms with Crippen molar-refractivity contribution < 1.29 is 17.9 Å². The summed E-state index contributed by atoms with van der Waals surface area (Å²) in [5.41, 5.74) is 5.56. The number of sulfone groups is 1. The first-order valence-corrected chi connectivity index (χ1v) is 8.51. The van der Waals surface area contributed by atoms with Gasteiger partial charge in [0, 0.05) is 13.1 Å². The second-order valence-corrected chi connectivity index (χ2v) is 7.69. The van der Waals surface area contributed by atoms with Crippen LogP contribution in [0.5, 0.6) is 0 Å². The molecule has 2 rings (SSSR count). The van der Waals surface area contributed by atoms with E-state index < -0.39 is 15.1 Å². The molecule has 0 aromatic carbocycles. The Morgan fingerprint density at radius 3 is 2.79 bits per heavy atom. The molecule has 0 bridgehead atoms. The lowest BCUT2D eigenvalue weighted by molar-refractivity contribution is -0.143. The predicted molar refractivity (Wildman–Crippen MR) is 71.4 cm³/mol. The van der Waals surface area contributed by atoms with Gasteiger partial charge in [0.25, 0.3) is 0 Å². The summed E-state index contributed by atoms with van der Waals surface area (Å²) in [5, 5.41) is -0.861. The van der Waals surface area contributed by atoms with Crippen LogP contribution >= 0.6 is 0 Å². The number of ether oxygens (including phenoxy) is 1. The highest BCUT2D eigenvalue weighted by molar-refractivity contribution is 7.92. The Kier molecular flexibility index (Phi) is 4.47. The normalized spacial score (nSPS) is 35.1. The molecular weight excluding hydrogens is 268 g/mol. The van der Waals surface area contributed by atoms with Gasteiger partial charge in [0.1, 0.15) is 5.25 Å². The summed E-state index contributed by atoms with van der Waals surface area (Å²) in [6, 6.07) is -0.0903. The first kappa shape index (κ1) is 14.7. The molecule has 2 aliphatic rings. The zero-order valence-corrected chi connectivity index (χ0v) is 12.1. The van der Waals surface area contributed by atoms with Gasteiger partial charge in [-0.1, -0.05) is 6.42 Å². The van der Waals surface area contributed by atoms with Gasteiger partial charge in [-0.05, 0) is 19.8 Å². The van der Waals surface area contributed by atoms with Crippen LogP contribution in [0.3, 0.4) is 0 Å². The van der Waals surface area contributed by atoms with E-state index in [9.17, 15) is 13.2 Å². The fourth-order valence-corrected chi connectivity index (χ4v) is 4.54. The molecule has 1 amide bonds. The topological polar surface area (TPSA) is 89.7 Å². The van der Waals surface area contributed by atoms with Crippen molar-refractivity contribution in [1.82, 2.24) is 4.90 Å². The second kappa shape index (κ2) is 5.76. The van der Waals surface area contributed by atoms with Gasteiger partial charge in [0.05, 0.1) is 24.5 Å². The summed E-state index contributed by atoms with van der Waals surface area (Å²) in [4.78, 5) is 14.1. The molecule has 0 aromatic rings. The van der Waals surface area contributed by atoms with E-state index in [2.05, 4.69) is 0 Å². The van der Waals surface area contributed by atoms with Gasteiger partial charge in [-0.2, -0.15) is 0 Å². The van der Waals surface area contributed by atoms with Crippen LogP contribution < -0.4 is 5.73 Å². The van der Waals surface area contributed by atoms with Crippen molar-refractivity contribution in [1.29, 1.82) is 0 Å². The number of amides is 1. The highest BCUT2D eigenvalue weighted by Crippen LogP contribution is 2.23. The quantitative estimate of drug-likeness (QED) is 0.742. The number of carbonyl (C=O) groups excluding carboxylic acids is 1. The first-order chi connectivity index (χ1) is 8.95. The fraction of sp³-hybridized carbons (Fsp3) is 0.917. The maximum absolute atomic E-state index is 12.5. The van der Waals surface area contributed by atoms with E-state index in [1.807, 2.05) is 6.92 Å². The number of nitrogens with zero attached hydrogens (tertiary/aromatic N) is 1. The van der Waals surface area contributed by atoms with Gasteiger partial charge in [0.15, 0.2) is 9.84 Å². The Balaban J connectivity index is 2.13. The van der Waals surface area contributed by atoms with Gasteiger partial charge >= 0.3 is 0 Å². The molecule has 0 radical (unpaired) electrons. The number of carbonyl (C=O) groups is 1. The third-order valence-corrected chi connectivity index (χ3v) is 6.07. The van der Waals surface area contributed by atoms with Gasteiger partial charge in [-0.3, -0.25) is 4.79 Å². The summed E-state index contributed by atoms with van der Waals surface area (Å²) in [6.45, 7) is 3.02. The lowest BCUT2D eigenvalue weighted by atomic mass is 10.1. The van der Waals surface area contributed by atoms with Crippen molar-refractivity contribution in [2.75, 3.05) is 25.4 Å². The largest absolute Gasteiger partial charge is 0.373 e. The Bertz CT molecular complexity index is 437. The van der Waals surface area contributed by atoms with Crippen LogP contribution in [0.15, 0.2) is 0 Å². The van der Waals surface area contributed by atoms with Crippen LogP contribution in [0.1, 0.15) is 26.2 Å². The predicted octanol–water partition coefficient (Wildman–Crippen LogP) is -0.472. The molecule has 19 heavy (non-hydrogen) atoms. The lowest BCUT2D eigenvalue weighted by Crippen LogP contribution is -2.57. The van der Waals surface area contributed by atoms with Gasteiger partial charge in [0.2, 0.25) is 5.91 Å². The summed E-state index contributed by atoms with van der Waals surface area (Å²) in [7, 11) is -3.28. The molecule has 0 saturated carbocycles. The zero-order chi connectivity index (χ0) is 14.0. The van der Waals surface area contributed by atoms with E-state index in [4.69, 9.17) is 10.5 Å². The van der Waals surface area contributed by atoms with E-state index in [0.717, 1.165) is 6.42 Å².